The summed E-state index contributed by atoms with van der Waals surface area (Å²) in [6, 6.07) is 0. The van der Waals surface area contributed by atoms with Crippen molar-refractivity contribution < 1.29 is 0 Å². The summed E-state index contributed by atoms with van der Waals surface area (Å²) < 4.78 is 0. The molecular weight excluding hydrogens is 305 g/mol. The molecule has 2 heteroatoms. The van der Waals surface area contributed by atoms with Gasteiger partial charge in [-0.05, 0) is 0 Å². The predicted molar refractivity (Wildman–Crippen MR) is 16.3 cm³/mol. The maximum Gasteiger partial charge on any atom is 0.0746 e. The van der Waals surface area contributed by atoms with E-state index in [0.29, 0.717) is 0 Å². The number of nitrogens with two attached hydrogens (primary N) is 1. The molecule has 22 valence electrons. The molecule has 0 atom stereocenters. The molecule has 0 aromatic rings. The Balaban J connectivity index is -0.00000000500. The molecule has 0 fully saturated rings. The van der Waals surface area contributed by atoms with Gasteiger partial charge in [0.2, 0.25) is 0 Å². The Hall–Kier alpha value is -1.17. The quantitative estimate of drug-likeness (QED) is 0.608. The first-order valence-corrected chi connectivity index (χ1v) is 0.707. The summed E-state index contributed by atoms with van der Waals surface area (Å²) in [5.74, 6) is 0. The summed E-state index contributed by atoms with van der Waals surface area (Å²) in [6.07, 6.45) is 0. The third-order valence-electron chi connectivity index (χ3n) is 0. The topological polar surface area (TPSA) is 33.5 Å². The van der Waals surface area contributed by atoms with Gasteiger partial charge in [-0.25, -0.2) is 0 Å². The molecule has 4 heavy (non-hydrogen) atoms. The van der Waals surface area contributed by atoms with Crippen LogP contribution in [0.4, 0.5) is 0 Å². The fraction of sp³-hybridized carbons (Fsp3) is 0.500. The second-order valence-electron chi connectivity index (χ2n) is 0. The maximum absolute atomic E-state index is 3.25. The van der Waals surface area contributed by atoms with Gasteiger partial charge in [0, 0.05) is 0 Å². The Labute approximate surface area is 21.2 Å². The van der Waals surface area contributed by atoms with E-state index in [1.165, 1.54) is 0 Å². The minimum absolute atomic E-state index is 0. The van der Waals surface area contributed by atoms with Crippen LogP contribution in [0.3, 0.4) is 0 Å². The molecule has 0 saturated carbocycles. The Kier molecular flexibility index (Phi) is 75.5. The molecule has 0 aliphatic heterocycles. The van der Waals surface area contributed by atoms with Gasteiger partial charge in [-0.3, -0.25) is 0 Å². The van der Waals surface area contributed by atoms with Crippen LogP contribution in [0.1, 0.15) is 6.92 Å². The van der Waals surface area contributed by atoms with Gasteiger partial charge in [0.15, 0.2) is 0 Å². The maximum atomic E-state index is 3.25. The normalized spacial score (nSPS) is 1.25. The van der Waals surface area contributed by atoms with Gasteiger partial charge in [-0.1, -0.05) is 0 Å². The van der Waals surface area contributed by atoms with Gasteiger partial charge in [0.25, 0.3) is 0 Å². The van der Waals surface area contributed by atoms with E-state index in [1.807, 2.05) is 0 Å². The smallest absolute Gasteiger partial charge is 0.0746 e. The first kappa shape index (κ1) is 328. The summed E-state index contributed by atoms with van der Waals surface area (Å²) in [4.78, 5) is 0. The van der Waals surface area contributed by atoms with E-state index in [9.17, 15) is 0 Å². The molecule has 1 nitrogen and oxygen atoms in total. The van der Waals surface area contributed by atoms with E-state index >= 15 is 0 Å². The van der Waals surface area contributed by atoms with Crippen LogP contribution < -0.4 is 0 Å². The van der Waals surface area contributed by atoms with Gasteiger partial charge in [-0.15, -0.1) is 0 Å². The zero-order valence-corrected chi connectivity index (χ0v) is 9.39. The standard InChI is InChI=1S/C2H5.H2N.Rf/c1-2;;/h1H2,2H3;1H2;/q+1;-1;. The largest absolute Gasteiger partial charge is 0.693 e. The Bertz CT molecular complexity index is 6.00. The van der Waals surface area contributed by atoms with Crippen molar-refractivity contribution in [3.8, 4) is 0 Å². The van der Waals surface area contributed by atoms with E-state index in [0.717, 1.165) is 0 Å². The predicted octanol–water partition coefficient (Wildman–Crippen LogP) is 1.56. The van der Waals surface area contributed by atoms with Gasteiger partial charge < -0.3 is 6.15 Å². The van der Waals surface area contributed by atoms with Crippen LogP contribution in [-0.4, -0.2) is 0 Å². The minimum Gasteiger partial charge on any atom is -0.693 e. The van der Waals surface area contributed by atoms with Crippen LogP contribution in [0.2, 0.25) is 0 Å². The minimum atomic E-state index is 0. The molecule has 0 saturated heterocycles. The average Bonchev–Trinajstić information content (AvgIpc) is 1.00. The van der Waals surface area contributed by atoms with Crippen LogP contribution >= 0.6 is 0 Å². The van der Waals surface area contributed by atoms with E-state index in [1.54, 1.807) is 6.92 Å². The molecule has 0 unspecified atom stereocenters. The summed E-state index contributed by atoms with van der Waals surface area (Å²) in [5.41, 5.74) is 0. The van der Waals surface area contributed by atoms with Crippen molar-refractivity contribution in [1.82, 2.24) is 0 Å². The van der Waals surface area contributed by atoms with Crippen molar-refractivity contribution in [2.75, 3.05) is 0 Å². The van der Waals surface area contributed by atoms with Gasteiger partial charge in [0.1, 0.15) is 0 Å². The molecule has 0 bridgehead atoms. The van der Waals surface area contributed by atoms with Gasteiger partial charge in [-0.2, -0.15) is 0 Å². The third kappa shape index (κ3) is 0.0175. The summed E-state index contributed by atoms with van der Waals surface area (Å²) in [7, 11) is 0. The third-order valence-corrected chi connectivity index (χ3v) is 0. The average molecular weight is 312 g/mol. The number of hydrogen-bond donors (Lipinski definition) is 0. The van der Waals surface area contributed by atoms with E-state index in [-0.39, 0.29) is 6.15 Å². The van der Waals surface area contributed by atoms with Crippen LogP contribution in [0.15, 0.2) is 0 Å². The van der Waals surface area contributed by atoms with Crippen molar-refractivity contribution in [3.63, 3.8) is 0 Å². The molecule has 2 N–H and O–H groups in total. The van der Waals surface area contributed by atoms with Crippen LogP contribution in [0.25, 0.3) is 6.15 Å². The fourth-order valence-electron chi connectivity index (χ4n) is 0. The van der Waals surface area contributed by atoms with E-state index in [4.69, 9.17) is 0 Å². The summed E-state index contributed by atoms with van der Waals surface area (Å²) in [5, 5.41) is 0. The molecule has 0 amide bonds. The monoisotopic (exact) mass is 312 g/mol. The summed E-state index contributed by atoms with van der Waals surface area (Å²) in [6.45, 7) is 5.00. The number of rotatable bonds is 0. The zero-order valence-electron chi connectivity index (χ0n) is 2.99. The second kappa shape index (κ2) is 0.921. The number of hydrogen-bond acceptors (Lipinski definition) is 0. The van der Waals surface area contributed by atoms with Crippen molar-refractivity contribution in [3.05, 3.63) is 13.1 Å². The SMILES string of the molecule is [CH2+]C.[NH2-].[Rf]. The van der Waals surface area contributed by atoms with E-state index < -0.39 is 0 Å². The van der Waals surface area contributed by atoms with Crippen LogP contribution in [0, 0.1) is 6.92 Å². The first-order valence-electron chi connectivity index (χ1n) is 0.707. The zero-order chi connectivity index (χ0) is 2.00. The van der Waals surface area contributed by atoms with Gasteiger partial charge >= 0.3 is 0 Å². The summed E-state index contributed by atoms with van der Waals surface area (Å²) >= 11 is 0. The molecule has 0 spiro atoms. The molecule has 0 aliphatic rings. The first-order chi connectivity index (χ1) is 1.00. The molecule has 0 heterocycles. The second-order valence-corrected chi connectivity index (χ2v) is 0. The van der Waals surface area contributed by atoms with Crippen molar-refractivity contribution >= 4 is 0 Å². The van der Waals surface area contributed by atoms with Crippen molar-refractivity contribution in [1.29, 1.82) is 0 Å². The van der Waals surface area contributed by atoms with Crippen LogP contribution in [0.5, 0.6) is 0 Å². The molecule has 0 aromatic carbocycles. The molecule has 0 aliphatic carbocycles. The molecule has 0 rings (SSSR count). The van der Waals surface area contributed by atoms with Gasteiger partial charge in [0.05, 0.1) is 13.8 Å². The Morgan fingerprint density at radius 2 is 1.25 bits per heavy atom. The Morgan fingerprint density at radius 3 is 1.25 bits per heavy atom. The van der Waals surface area contributed by atoms with Crippen LogP contribution in [-0.2, 0) is 0 Å². The van der Waals surface area contributed by atoms with E-state index in [2.05, 4.69) is 6.92 Å². The fourth-order valence-corrected chi connectivity index (χ4v) is 0. The molecular formula is C2H7NRf. The van der Waals surface area contributed by atoms with Crippen molar-refractivity contribution in [2.24, 2.45) is 0 Å². The molecule has 0 radical (unpaired) electrons. The Morgan fingerprint density at radius 1 is 1.25 bits per heavy atom. The molecule has 0 aromatic heterocycles. The van der Waals surface area contributed by atoms with Crippen molar-refractivity contribution in [2.45, 2.75) is 6.92 Å².